The van der Waals surface area contributed by atoms with Gasteiger partial charge in [-0.05, 0) is 19.9 Å². The molecule has 1 amide bonds. The molecule has 0 saturated carbocycles. The van der Waals surface area contributed by atoms with Crippen molar-refractivity contribution in [2.24, 2.45) is 0 Å². The van der Waals surface area contributed by atoms with E-state index < -0.39 is 17.7 Å². The molecule has 0 bridgehead atoms. The van der Waals surface area contributed by atoms with Crippen molar-refractivity contribution < 1.29 is 19.0 Å². The Hall–Kier alpha value is -2.94. The van der Waals surface area contributed by atoms with Gasteiger partial charge in [-0.15, -0.1) is 0 Å². The van der Waals surface area contributed by atoms with Crippen LogP contribution in [0.2, 0.25) is 0 Å². The SMILES string of the molecule is COc1ccccc1C(O)CNc1cc(N2CCN(C(=O)C(C)(C)F)CC2)ncn1. The van der Waals surface area contributed by atoms with Crippen molar-refractivity contribution in [1.29, 1.82) is 0 Å². The van der Waals surface area contributed by atoms with Crippen molar-refractivity contribution in [2.45, 2.75) is 25.6 Å². The Morgan fingerprint density at radius 3 is 2.63 bits per heavy atom. The second-order valence-electron chi connectivity index (χ2n) is 7.65. The summed E-state index contributed by atoms with van der Waals surface area (Å²) in [5, 5.41) is 13.6. The highest BCUT2D eigenvalue weighted by molar-refractivity contribution is 5.84. The van der Waals surface area contributed by atoms with Crippen LogP contribution >= 0.6 is 0 Å². The zero-order valence-electron chi connectivity index (χ0n) is 17.5. The summed E-state index contributed by atoms with van der Waals surface area (Å²) in [6, 6.07) is 9.11. The van der Waals surface area contributed by atoms with E-state index in [9.17, 15) is 14.3 Å². The van der Waals surface area contributed by atoms with Gasteiger partial charge in [0, 0.05) is 44.4 Å². The Labute approximate surface area is 175 Å². The average Bonchev–Trinajstić information content (AvgIpc) is 2.76. The highest BCUT2D eigenvalue weighted by atomic mass is 19.1. The number of aliphatic hydroxyl groups excluding tert-OH is 1. The van der Waals surface area contributed by atoms with Crippen LogP contribution in [0, 0.1) is 0 Å². The number of aliphatic hydroxyl groups is 1. The van der Waals surface area contributed by atoms with Crippen molar-refractivity contribution >= 4 is 17.5 Å². The molecule has 3 rings (SSSR count). The molecular formula is C21H28FN5O3. The van der Waals surface area contributed by atoms with Crippen LogP contribution < -0.4 is 15.0 Å². The number of hydrogen-bond donors (Lipinski definition) is 2. The maximum Gasteiger partial charge on any atom is 0.259 e. The van der Waals surface area contributed by atoms with Gasteiger partial charge in [-0.1, -0.05) is 18.2 Å². The number of para-hydroxylation sites is 1. The fraction of sp³-hybridized carbons (Fsp3) is 0.476. The van der Waals surface area contributed by atoms with E-state index in [1.54, 1.807) is 24.1 Å². The van der Waals surface area contributed by atoms with Crippen LogP contribution in [0.25, 0.3) is 0 Å². The molecule has 30 heavy (non-hydrogen) atoms. The molecule has 1 fully saturated rings. The zero-order chi connectivity index (χ0) is 21.7. The molecular weight excluding hydrogens is 389 g/mol. The quantitative estimate of drug-likeness (QED) is 0.712. The third-order valence-electron chi connectivity index (χ3n) is 5.03. The molecule has 8 nitrogen and oxygen atoms in total. The van der Waals surface area contributed by atoms with E-state index in [-0.39, 0.29) is 6.54 Å². The molecule has 1 unspecified atom stereocenters. The molecule has 2 heterocycles. The van der Waals surface area contributed by atoms with E-state index in [1.165, 1.54) is 20.2 Å². The Kier molecular flexibility index (Phi) is 6.71. The standard InChI is InChI=1S/C21H28FN5O3/c1-21(2,22)20(29)27-10-8-26(9-11-27)19-12-18(24-14-25-19)23-13-16(28)15-6-4-5-7-17(15)30-3/h4-7,12,14,16,28H,8-11,13H2,1-3H3,(H,23,24,25). The number of benzene rings is 1. The molecule has 1 aliphatic heterocycles. The molecule has 2 aromatic rings. The number of methoxy groups -OCH3 is 1. The number of piperazine rings is 1. The molecule has 1 aromatic carbocycles. The summed E-state index contributed by atoms with van der Waals surface area (Å²) < 4.78 is 19.2. The second-order valence-corrected chi connectivity index (χ2v) is 7.65. The summed E-state index contributed by atoms with van der Waals surface area (Å²) in [7, 11) is 1.57. The van der Waals surface area contributed by atoms with Gasteiger partial charge in [-0.25, -0.2) is 14.4 Å². The van der Waals surface area contributed by atoms with E-state index in [0.29, 0.717) is 49.1 Å². The van der Waals surface area contributed by atoms with Gasteiger partial charge >= 0.3 is 0 Å². The lowest BCUT2D eigenvalue weighted by molar-refractivity contribution is -0.142. The van der Waals surface area contributed by atoms with Crippen molar-refractivity contribution in [3.8, 4) is 5.75 Å². The van der Waals surface area contributed by atoms with Crippen LogP contribution in [0.15, 0.2) is 36.7 Å². The third-order valence-corrected chi connectivity index (χ3v) is 5.03. The summed E-state index contributed by atoms with van der Waals surface area (Å²) >= 11 is 0. The fourth-order valence-electron chi connectivity index (χ4n) is 3.38. The number of halogens is 1. The minimum absolute atomic E-state index is 0.255. The first-order chi connectivity index (χ1) is 14.3. The Bertz CT molecular complexity index is 866. The van der Waals surface area contributed by atoms with Crippen molar-refractivity contribution in [3.63, 3.8) is 0 Å². The zero-order valence-corrected chi connectivity index (χ0v) is 17.5. The first-order valence-electron chi connectivity index (χ1n) is 9.89. The molecule has 2 N–H and O–H groups in total. The van der Waals surface area contributed by atoms with Gasteiger partial charge in [0.25, 0.3) is 5.91 Å². The molecule has 9 heteroatoms. The lowest BCUT2D eigenvalue weighted by Gasteiger charge is -2.37. The van der Waals surface area contributed by atoms with Gasteiger partial charge in [0.05, 0.1) is 13.2 Å². The molecule has 1 aliphatic rings. The number of amides is 1. The first-order valence-corrected chi connectivity index (χ1v) is 9.89. The van der Waals surface area contributed by atoms with E-state index in [1.807, 2.05) is 23.1 Å². The van der Waals surface area contributed by atoms with Gasteiger partial charge in [0.15, 0.2) is 5.67 Å². The summed E-state index contributed by atoms with van der Waals surface area (Å²) in [5.41, 5.74) is -1.17. The Morgan fingerprint density at radius 2 is 1.97 bits per heavy atom. The van der Waals surface area contributed by atoms with Crippen LogP contribution in [-0.4, -0.2) is 71.4 Å². The molecule has 1 atom stereocenters. The highest BCUT2D eigenvalue weighted by Gasteiger charge is 2.33. The Balaban J connectivity index is 1.58. The molecule has 1 saturated heterocycles. The smallest absolute Gasteiger partial charge is 0.259 e. The van der Waals surface area contributed by atoms with Crippen molar-refractivity contribution in [2.75, 3.05) is 50.1 Å². The number of nitrogens with one attached hydrogen (secondary N) is 1. The van der Waals surface area contributed by atoms with Crippen LogP contribution in [0.3, 0.4) is 0 Å². The highest BCUT2D eigenvalue weighted by Crippen LogP contribution is 2.25. The minimum Gasteiger partial charge on any atom is -0.496 e. The van der Waals surface area contributed by atoms with Gasteiger partial charge in [-0.2, -0.15) is 0 Å². The summed E-state index contributed by atoms with van der Waals surface area (Å²) in [5.74, 6) is 1.43. The summed E-state index contributed by atoms with van der Waals surface area (Å²) in [4.78, 5) is 24.2. The number of rotatable bonds is 7. The minimum atomic E-state index is -1.86. The number of hydrogen-bond acceptors (Lipinski definition) is 7. The maximum atomic E-state index is 13.9. The number of aromatic nitrogens is 2. The Morgan fingerprint density at radius 1 is 1.27 bits per heavy atom. The summed E-state index contributed by atoms with van der Waals surface area (Å²) in [6.45, 7) is 4.80. The van der Waals surface area contributed by atoms with Crippen LogP contribution in [0.1, 0.15) is 25.5 Å². The van der Waals surface area contributed by atoms with E-state index in [4.69, 9.17) is 4.74 Å². The average molecular weight is 417 g/mol. The topological polar surface area (TPSA) is 90.8 Å². The normalized spacial score (nSPS) is 15.6. The predicted molar refractivity (Wildman–Crippen MR) is 112 cm³/mol. The first kappa shape index (κ1) is 21.8. The predicted octanol–water partition coefficient (Wildman–Crippen LogP) is 2.03. The number of alkyl halides is 1. The van der Waals surface area contributed by atoms with Crippen LogP contribution in [0.5, 0.6) is 5.75 Å². The van der Waals surface area contributed by atoms with Gasteiger partial charge in [-0.3, -0.25) is 4.79 Å². The molecule has 1 aromatic heterocycles. The van der Waals surface area contributed by atoms with E-state index >= 15 is 0 Å². The number of nitrogens with zero attached hydrogens (tertiary/aromatic N) is 4. The number of ether oxygens (including phenoxy) is 1. The number of carbonyl (C=O) groups is 1. The maximum absolute atomic E-state index is 13.9. The van der Waals surface area contributed by atoms with E-state index in [2.05, 4.69) is 15.3 Å². The van der Waals surface area contributed by atoms with Gasteiger partial charge < -0.3 is 25.0 Å². The van der Waals surface area contributed by atoms with Crippen LogP contribution in [0.4, 0.5) is 16.0 Å². The molecule has 0 radical (unpaired) electrons. The fourth-order valence-corrected chi connectivity index (χ4v) is 3.38. The van der Waals surface area contributed by atoms with E-state index in [0.717, 1.165) is 0 Å². The molecule has 0 spiro atoms. The van der Waals surface area contributed by atoms with Gasteiger partial charge in [0.2, 0.25) is 0 Å². The van der Waals surface area contributed by atoms with Crippen molar-refractivity contribution in [1.82, 2.24) is 14.9 Å². The lowest BCUT2D eigenvalue weighted by Crippen LogP contribution is -2.53. The second kappa shape index (κ2) is 9.25. The van der Waals surface area contributed by atoms with Crippen LogP contribution in [-0.2, 0) is 4.79 Å². The molecule has 162 valence electrons. The summed E-state index contributed by atoms with van der Waals surface area (Å²) in [6.07, 6.45) is 0.688. The largest absolute Gasteiger partial charge is 0.496 e. The van der Waals surface area contributed by atoms with Gasteiger partial charge in [0.1, 0.15) is 23.7 Å². The molecule has 0 aliphatic carbocycles. The van der Waals surface area contributed by atoms with Crippen molar-refractivity contribution in [3.05, 3.63) is 42.2 Å². The number of carbonyl (C=O) groups excluding carboxylic acids is 1. The lowest BCUT2D eigenvalue weighted by atomic mass is 10.1. The monoisotopic (exact) mass is 417 g/mol. The third kappa shape index (κ3) is 5.15. The number of anilines is 2.